The maximum atomic E-state index is 12.2. The van der Waals surface area contributed by atoms with Crippen molar-refractivity contribution < 1.29 is 4.79 Å². The van der Waals surface area contributed by atoms with Crippen molar-refractivity contribution in [3.63, 3.8) is 0 Å². The number of rotatable bonds is 3. The Kier molecular flexibility index (Phi) is 5.22. The Morgan fingerprint density at radius 3 is 2.29 bits per heavy atom. The van der Waals surface area contributed by atoms with Crippen molar-refractivity contribution in [1.82, 2.24) is 5.32 Å². The lowest BCUT2D eigenvalue weighted by molar-refractivity contribution is 0.0927. The lowest BCUT2D eigenvalue weighted by Gasteiger charge is -2.22. The highest BCUT2D eigenvalue weighted by molar-refractivity contribution is 5.94. The zero-order valence-electron chi connectivity index (χ0n) is 13.5. The Morgan fingerprint density at radius 2 is 1.71 bits per heavy atom. The molecular weight excluding hydrogens is 258 g/mol. The summed E-state index contributed by atoms with van der Waals surface area (Å²) >= 11 is 0. The molecule has 1 aromatic rings. The van der Waals surface area contributed by atoms with Crippen LogP contribution in [0.5, 0.6) is 0 Å². The molecule has 114 valence electrons. The number of hydrogen-bond donors (Lipinski definition) is 1. The van der Waals surface area contributed by atoms with E-state index in [0.717, 1.165) is 24.0 Å². The summed E-state index contributed by atoms with van der Waals surface area (Å²) in [4.78, 5) is 12.2. The molecule has 0 unspecified atom stereocenters. The molecule has 0 spiro atoms. The standard InChI is InChI=1S/C19H27NO/c1-19(2,3)14-13-15-9-11-16(12-10-15)18(21)20-17-7-5-4-6-8-17/h9-14,17H,4-8H2,1-3H3,(H,20,21)/b14-13+. The average molecular weight is 285 g/mol. The van der Waals surface area contributed by atoms with Crippen LogP contribution in [0.25, 0.3) is 6.08 Å². The molecule has 0 aliphatic heterocycles. The molecule has 1 fully saturated rings. The van der Waals surface area contributed by atoms with Crippen molar-refractivity contribution in [1.29, 1.82) is 0 Å². The molecule has 1 amide bonds. The molecule has 2 heteroatoms. The van der Waals surface area contributed by atoms with Gasteiger partial charge in [0, 0.05) is 11.6 Å². The number of nitrogens with one attached hydrogen (secondary N) is 1. The SMILES string of the molecule is CC(C)(C)/C=C/c1ccc(C(=O)NC2CCCCC2)cc1. The Hall–Kier alpha value is -1.57. The fraction of sp³-hybridized carbons (Fsp3) is 0.526. The third-order valence-electron chi connectivity index (χ3n) is 3.89. The molecule has 0 bridgehead atoms. The normalized spacial score (nSPS) is 17.1. The summed E-state index contributed by atoms with van der Waals surface area (Å²) in [5.41, 5.74) is 2.07. The van der Waals surface area contributed by atoms with Crippen LogP contribution < -0.4 is 5.32 Å². The summed E-state index contributed by atoms with van der Waals surface area (Å²) in [7, 11) is 0. The van der Waals surface area contributed by atoms with E-state index in [0.29, 0.717) is 6.04 Å². The van der Waals surface area contributed by atoms with Crippen molar-refractivity contribution in [2.45, 2.75) is 58.9 Å². The van der Waals surface area contributed by atoms with Crippen molar-refractivity contribution in [3.05, 3.63) is 41.5 Å². The van der Waals surface area contributed by atoms with Crippen molar-refractivity contribution in [3.8, 4) is 0 Å². The van der Waals surface area contributed by atoms with Gasteiger partial charge in [0.05, 0.1) is 0 Å². The molecule has 1 aliphatic rings. The highest BCUT2D eigenvalue weighted by Gasteiger charge is 2.16. The number of hydrogen-bond acceptors (Lipinski definition) is 1. The number of benzene rings is 1. The summed E-state index contributed by atoms with van der Waals surface area (Å²) in [6.07, 6.45) is 10.3. The molecule has 21 heavy (non-hydrogen) atoms. The summed E-state index contributed by atoms with van der Waals surface area (Å²) in [6.45, 7) is 6.53. The van der Waals surface area contributed by atoms with Crippen molar-refractivity contribution >= 4 is 12.0 Å². The average Bonchev–Trinajstić information content (AvgIpc) is 2.46. The van der Waals surface area contributed by atoms with Gasteiger partial charge in [0.25, 0.3) is 5.91 Å². The molecule has 2 nitrogen and oxygen atoms in total. The van der Waals surface area contributed by atoms with Gasteiger partial charge < -0.3 is 5.32 Å². The van der Waals surface area contributed by atoms with Gasteiger partial charge >= 0.3 is 0 Å². The fourth-order valence-corrected chi connectivity index (χ4v) is 2.61. The summed E-state index contributed by atoms with van der Waals surface area (Å²) in [6, 6.07) is 8.23. The Balaban J connectivity index is 1.94. The van der Waals surface area contributed by atoms with Crippen molar-refractivity contribution in [2.24, 2.45) is 5.41 Å². The second-order valence-corrected chi connectivity index (χ2v) is 7.13. The highest BCUT2D eigenvalue weighted by Crippen LogP contribution is 2.19. The quantitative estimate of drug-likeness (QED) is 0.848. The van der Waals surface area contributed by atoms with E-state index in [1.165, 1.54) is 19.3 Å². The van der Waals surface area contributed by atoms with Crippen LogP contribution in [0.15, 0.2) is 30.3 Å². The summed E-state index contributed by atoms with van der Waals surface area (Å²) in [5.74, 6) is 0.0632. The van der Waals surface area contributed by atoms with Crippen LogP contribution in [0.2, 0.25) is 0 Å². The monoisotopic (exact) mass is 285 g/mol. The molecule has 1 aromatic carbocycles. The molecule has 0 radical (unpaired) electrons. The second-order valence-electron chi connectivity index (χ2n) is 7.13. The van der Waals surface area contributed by atoms with Crippen LogP contribution >= 0.6 is 0 Å². The minimum absolute atomic E-state index is 0.0632. The van der Waals surface area contributed by atoms with E-state index in [9.17, 15) is 4.79 Å². The third kappa shape index (κ3) is 5.37. The number of amides is 1. The first-order chi connectivity index (χ1) is 9.94. The van der Waals surface area contributed by atoms with E-state index in [1.54, 1.807) is 0 Å². The topological polar surface area (TPSA) is 29.1 Å². The van der Waals surface area contributed by atoms with Gasteiger partial charge in [-0.05, 0) is 36.0 Å². The maximum absolute atomic E-state index is 12.2. The molecule has 0 atom stereocenters. The van der Waals surface area contributed by atoms with E-state index < -0.39 is 0 Å². The van der Waals surface area contributed by atoms with Crippen LogP contribution in [-0.4, -0.2) is 11.9 Å². The largest absolute Gasteiger partial charge is 0.349 e. The van der Waals surface area contributed by atoms with E-state index >= 15 is 0 Å². The van der Waals surface area contributed by atoms with E-state index in [-0.39, 0.29) is 11.3 Å². The fourth-order valence-electron chi connectivity index (χ4n) is 2.61. The molecule has 0 saturated heterocycles. The maximum Gasteiger partial charge on any atom is 0.251 e. The van der Waals surface area contributed by atoms with Gasteiger partial charge in [-0.1, -0.05) is 64.3 Å². The second kappa shape index (κ2) is 6.93. The first-order valence-corrected chi connectivity index (χ1v) is 8.04. The predicted molar refractivity (Wildman–Crippen MR) is 89.3 cm³/mol. The van der Waals surface area contributed by atoms with Crippen LogP contribution in [0.4, 0.5) is 0 Å². The van der Waals surface area contributed by atoms with Crippen LogP contribution in [0, 0.1) is 5.41 Å². The van der Waals surface area contributed by atoms with Gasteiger partial charge in [0.1, 0.15) is 0 Å². The minimum Gasteiger partial charge on any atom is -0.349 e. The van der Waals surface area contributed by atoms with Crippen molar-refractivity contribution in [2.75, 3.05) is 0 Å². The molecule has 0 heterocycles. The van der Waals surface area contributed by atoms with Gasteiger partial charge in [0.2, 0.25) is 0 Å². The first-order valence-electron chi connectivity index (χ1n) is 8.04. The molecular formula is C19H27NO. The van der Waals surface area contributed by atoms with Gasteiger partial charge in [0.15, 0.2) is 0 Å². The van der Waals surface area contributed by atoms with Crippen LogP contribution in [0.1, 0.15) is 68.8 Å². The zero-order chi connectivity index (χ0) is 15.3. The van der Waals surface area contributed by atoms with E-state index in [1.807, 2.05) is 24.3 Å². The molecule has 1 saturated carbocycles. The predicted octanol–water partition coefficient (Wildman–Crippen LogP) is 4.81. The molecule has 2 rings (SSSR count). The Labute approximate surface area is 128 Å². The lowest BCUT2D eigenvalue weighted by atomic mass is 9.95. The van der Waals surface area contributed by atoms with E-state index in [2.05, 4.69) is 38.2 Å². The zero-order valence-corrected chi connectivity index (χ0v) is 13.5. The summed E-state index contributed by atoms with van der Waals surface area (Å²) < 4.78 is 0. The number of carbonyl (C=O) groups is 1. The number of carbonyl (C=O) groups excluding carboxylic acids is 1. The smallest absolute Gasteiger partial charge is 0.251 e. The lowest BCUT2D eigenvalue weighted by Crippen LogP contribution is -2.36. The highest BCUT2D eigenvalue weighted by atomic mass is 16.1. The van der Waals surface area contributed by atoms with Gasteiger partial charge in [-0.2, -0.15) is 0 Å². The van der Waals surface area contributed by atoms with Crippen LogP contribution in [0.3, 0.4) is 0 Å². The molecule has 0 aromatic heterocycles. The number of allylic oxidation sites excluding steroid dienone is 1. The summed E-state index contributed by atoms with van der Waals surface area (Å²) in [5, 5.41) is 3.15. The van der Waals surface area contributed by atoms with Gasteiger partial charge in [-0.15, -0.1) is 0 Å². The Bertz CT molecular complexity index is 487. The Morgan fingerprint density at radius 1 is 1.10 bits per heavy atom. The van der Waals surface area contributed by atoms with Gasteiger partial charge in [-0.3, -0.25) is 4.79 Å². The van der Waals surface area contributed by atoms with Crippen LogP contribution in [-0.2, 0) is 0 Å². The third-order valence-corrected chi connectivity index (χ3v) is 3.89. The minimum atomic E-state index is 0.0632. The first kappa shape index (κ1) is 15.8. The van der Waals surface area contributed by atoms with E-state index in [4.69, 9.17) is 0 Å². The van der Waals surface area contributed by atoms with Gasteiger partial charge in [-0.25, -0.2) is 0 Å². The molecule has 1 N–H and O–H groups in total. The molecule has 1 aliphatic carbocycles.